The molecule has 0 saturated carbocycles. The molecule has 0 spiro atoms. The molecule has 0 amide bonds. The van der Waals surface area contributed by atoms with E-state index in [1.54, 1.807) is 4.90 Å². The summed E-state index contributed by atoms with van der Waals surface area (Å²) >= 11 is 0. The average Bonchev–Trinajstić information content (AvgIpc) is 2.62. The summed E-state index contributed by atoms with van der Waals surface area (Å²) in [5, 5.41) is 5.97. The van der Waals surface area contributed by atoms with Crippen molar-refractivity contribution in [2.24, 2.45) is 0 Å². The fourth-order valence-electron chi connectivity index (χ4n) is 1.76. The van der Waals surface area contributed by atoms with Crippen LogP contribution in [0.15, 0.2) is 0 Å². The Morgan fingerprint density at radius 2 is 1.42 bits per heavy atom. The molecule has 2 unspecified atom stereocenters. The Kier molecular flexibility index (Phi) is 10.8. The number of hydrogen-bond donors (Lipinski definition) is 3. The largest absolute Gasteiger partial charge is 1.00 e. The normalized spacial score (nSPS) is 25.3. The number of nitrogens with zero attached hydrogens (tertiary/aromatic N) is 1. The molecule has 1 fully saturated rings. The molecule has 0 radical (unpaired) electrons. The molecule has 0 aromatic heterocycles. The van der Waals surface area contributed by atoms with Crippen LogP contribution in [-0.2, 0) is 9.13 Å². The first-order valence-electron chi connectivity index (χ1n) is 5.10. The van der Waals surface area contributed by atoms with E-state index in [4.69, 9.17) is 9.79 Å². The number of hydrogen-bond acceptors (Lipinski definition) is 6. The Labute approximate surface area is 155 Å². The molecule has 1 rings (SSSR count). The Morgan fingerprint density at radius 1 is 1.05 bits per heavy atom. The molecule has 0 bridgehead atoms. The Bertz CT molecular complexity index is 342. The minimum absolute atomic E-state index is 0. The molecular weight excluding hydrogens is 318 g/mol. The van der Waals surface area contributed by atoms with Gasteiger partial charge in [0.1, 0.15) is 0 Å². The molecule has 102 valence electrons. The van der Waals surface area contributed by atoms with E-state index >= 15 is 0 Å². The van der Waals surface area contributed by atoms with Gasteiger partial charge in [-0.2, -0.15) is 0 Å². The summed E-state index contributed by atoms with van der Waals surface area (Å²) in [6, 6.07) is 0. The molecule has 1 heterocycles. The maximum Gasteiger partial charge on any atom is 1.00 e. The molecule has 0 aromatic rings. The first-order chi connectivity index (χ1) is 7.58. The van der Waals surface area contributed by atoms with E-state index in [1.165, 1.54) is 0 Å². The van der Waals surface area contributed by atoms with Crippen LogP contribution in [0.4, 0.5) is 0 Å². The Hall–Kier alpha value is 2.22. The molecule has 3 N–H and O–H groups in total. The van der Waals surface area contributed by atoms with Gasteiger partial charge in [0.15, 0.2) is 20.3 Å². The molecule has 1 aliphatic heterocycles. The van der Waals surface area contributed by atoms with Crippen molar-refractivity contribution in [3.05, 3.63) is 0 Å². The first kappa shape index (κ1) is 23.5. The molecule has 1 saturated heterocycles. The molecular formula is C7H15NNa2O7P2. The van der Waals surface area contributed by atoms with Crippen LogP contribution in [0.2, 0.25) is 0 Å². The summed E-state index contributed by atoms with van der Waals surface area (Å²) in [6.07, 6.45) is 1.03. The molecule has 0 aromatic carbocycles. The van der Waals surface area contributed by atoms with Crippen molar-refractivity contribution < 1.29 is 92.9 Å². The van der Waals surface area contributed by atoms with E-state index < -0.39 is 26.7 Å². The minimum Gasteiger partial charge on any atom is -0.776 e. The summed E-state index contributed by atoms with van der Waals surface area (Å²) < 4.78 is 21.8. The van der Waals surface area contributed by atoms with Gasteiger partial charge < -0.3 is 38.7 Å². The van der Waals surface area contributed by atoms with Gasteiger partial charge in [0.2, 0.25) is 0 Å². The second-order valence-corrected chi connectivity index (χ2v) is 8.03. The van der Waals surface area contributed by atoms with Crippen molar-refractivity contribution >= 4 is 15.2 Å². The van der Waals surface area contributed by atoms with Gasteiger partial charge in [-0.3, -0.25) is 0 Å². The minimum atomic E-state index is -5.61. The fraction of sp³-hybridized carbons (Fsp3) is 1.00. The number of aliphatic hydroxyl groups is 1. The average molecular weight is 333 g/mol. The van der Waals surface area contributed by atoms with Crippen molar-refractivity contribution in [2.75, 3.05) is 19.6 Å². The molecule has 8 nitrogen and oxygen atoms in total. The monoisotopic (exact) mass is 333 g/mol. The van der Waals surface area contributed by atoms with Crippen molar-refractivity contribution in [3.8, 4) is 0 Å². The topological polar surface area (TPSA) is 144 Å². The van der Waals surface area contributed by atoms with Crippen molar-refractivity contribution in [1.82, 2.24) is 4.90 Å². The summed E-state index contributed by atoms with van der Waals surface area (Å²) in [4.78, 5) is 41.0. The predicted molar refractivity (Wildman–Crippen MR) is 54.9 cm³/mol. The van der Waals surface area contributed by atoms with Gasteiger partial charge in [-0.1, -0.05) is 0 Å². The maximum atomic E-state index is 10.9. The maximum absolute atomic E-state index is 10.9. The van der Waals surface area contributed by atoms with Gasteiger partial charge in [-0.15, -0.1) is 0 Å². The van der Waals surface area contributed by atoms with Crippen LogP contribution in [0.5, 0.6) is 0 Å². The van der Waals surface area contributed by atoms with Crippen molar-refractivity contribution in [2.45, 2.75) is 24.3 Å². The van der Waals surface area contributed by atoms with Crippen LogP contribution in [0.25, 0.3) is 0 Å². The summed E-state index contributed by atoms with van der Waals surface area (Å²) in [6.45, 7) is 1.30. The van der Waals surface area contributed by atoms with Gasteiger partial charge in [0.25, 0.3) is 0 Å². The van der Waals surface area contributed by atoms with Crippen LogP contribution in [0, 0.1) is 0 Å². The van der Waals surface area contributed by atoms with Crippen molar-refractivity contribution in [3.63, 3.8) is 0 Å². The zero-order chi connectivity index (χ0) is 13.3. The second-order valence-electron chi connectivity index (χ2n) is 4.11. The van der Waals surface area contributed by atoms with Gasteiger partial charge in [0, 0.05) is 13.0 Å². The van der Waals surface area contributed by atoms with Crippen LogP contribution in [0.3, 0.4) is 0 Å². The summed E-state index contributed by atoms with van der Waals surface area (Å²) in [7, 11) is -11.2. The molecule has 0 aliphatic carbocycles. The van der Waals surface area contributed by atoms with E-state index in [2.05, 4.69) is 0 Å². The van der Waals surface area contributed by atoms with Crippen molar-refractivity contribution in [1.29, 1.82) is 0 Å². The van der Waals surface area contributed by atoms with Crippen LogP contribution in [0.1, 0.15) is 19.3 Å². The van der Waals surface area contributed by atoms with E-state index in [0.29, 0.717) is 13.1 Å². The van der Waals surface area contributed by atoms with Gasteiger partial charge in [0.05, 0.1) is 0 Å². The second kappa shape index (κ2) is 8.75. The van der Waals surface area contributed by atoms with E-state index in [9.17, 15) is 24.0 Å². The smallest absolute Gasteiger partial charge is 0.776 e. The quantitative estimate of drug-likeness (QED) is 0.332. The van der Waals surface area contributed by atoms with Crippen LogP contribution < -0.4 is 68.9 Å². The third-order valence-electron chi connectivity index (χ3n) is 2.87. The molecule has 2 atom stereocenters. The summed E-state index contributed by atoms with van der Waals surface area (Å²) in [5.41, 5.74) is 0. The SMILES string of the molecule is O=P([O-])(O)C(O)(CCN1CCCC1)P(=O)([O-])O.[Na+].[Na+]. The first-order valence-corrected chi connectivity index (χ1v) is 8.26. The predicted octanol–water partition coefficient (Wildman–Crippen LogP) is -7.78. The van der Waals surface area contributed by atoms with Gasteiger partial charge in [-0.25, -0.2) is 0 Å². The third kappa shape index (κ3) is 6.08. The zero-order valence-corrected chi connectivity index (χ0v) is 16.8. The third-order valence-corrected chi connectivity index (χ3v) is 6.64. The van der Waals surface area contributed by atoms with Crippen LogP contribution in [-0.4, -0.2) is 44.5 Å². The van der Waals surface area contributed by atoms with Gasteiger partial charge in [-0.05, 0) is 25.9 Å². The van der Waals surface area contributed by atoms with E-state index in [-0.39, 0.29) is 65.7 Å². The van der Waals surface area contributed by atoms with Gasteiger partial charge >= 0.3 is 59.1 Å². The van der Waals surface area contributed by atoms with E-state index in [1.807, 2.05) is 0 Å². The standard InChI is InChI=1S/C7H17NO7P2.2Na/c9-7(16(10,11)12,17(13,14)15)3-6-8-4-1-2-5-8;;/h9H,1-6H2,(H2,10,11,12)(H2,13,14,15);;/q;2*+1/p-2. The van der Waals surface area contributed by atoms with Crippen LogP contribution >= 0.6 is 15.2 Å². The fourth-order valence-corrected chi connectivity index (χ4v) is 3.80. The van der Waals surface area contributed by atoms with E-state index in [0.717, 1.165) is 12.8 Å². The molecule has 12 heteroatoms. The molecule has 1 aliphatic rings. The number of rotatable bonds is 5. The Morgan fingerprint density at radius 3 is 1.74 bits per heavy atom. The number of likely N-dealkylation sites (tertiary alicyclic amines) is 1. The Balaban J connectivity index is 0. The molecule has 19 heavy (non-hydrogen) atoms. The summed E-state index contributed by atoms with van der Waals surface area (Å²) in [5.74, 6) is 0. The zero-order valence-electron chi connectivity index (χ0n) is 11.1.